The van der Waals surface area contributed by atoms with Gasteiger partial charge in [-0.2, -0.15) is 5.10 Å². The van der Waals surface area contributed by atoms with Gasteiger partial charge in [-0.1, -0.05) is 12.1 Å². The maximum atomic E-state index is 13.2. The Kier molecular flexibility index (Phi) is 7.89. The van der Waals surface area contributed by atoms with Crippen molar-refractivity contribution in [1.29, 1.82) is 0 Å². The summed E-state index contributed by atoms with van der Waals surface area (Å²) in [5.74, 6) is 0.105. The molecule has 0 unspecified atom stereocenters. The molecule has 1 amide bonds. The minimum absolute atomic E-state index is 0.000507. The van der Waals surface area contributed by atoms with Crippen LogP contribution in [0.5, 0.6) is 5.75 Å². The third kappa shape index (κ3) is 6.21. The lowest BCUT2D eigenvalue weighted by Crippen LogP contribution is -2.46. The number of carbonyl (C=O) groups excluding carboxylic acids is 1. The molecule has 0 spiro atoms. The summed E-state index contributed by atoms with van der Waals surface area (Å²) in [5.41, 5.74) is 1.65. The molecule has 2 heterocycles. The number of nitrogens with zero attached hydrogens (tertiary/aromatic N) is 3. The summed E-state index contributed by atoms with van der Waals surface area (Å²) in [7, 11) is 0. The van der Waals surface area contributed by atoms with Crippen LogP contribution in [-0.2, 0) is 4.79 Å². The SMILES string of the molecule is C=C.O=C1CCC(c2ccc(F)cc2)=NN1CN1CCC(Oc2ccc(F)cc2)CC1. The zero-order chi connectivity index (χ0) is 22.2. The standard InChI is InChI=1S/C22H23F2N3O2.C2H4/c23-17-3-1-16(2-4-17)21-9-10-22(28)27(25-21)15-26-13-11-20(12-14-26)29-19-7-5-18(24)6-8-19;1-2/h1-8,20H,9-15H2;1-2H2. The van der Waals surface area contributed by atoms with Crippen molar-refractivity contribution in [3.8, 4) is 5.75 Å². The molecule has 0 bridgehead atoms. The first-order valence-corrected chi connectivity index (χ1v) is 10.4. The predicted octanol–water partition coefficient (Wildman–Crippen LogP) is 4.59. The van der Waals surface area contributed by atoms with Crippen LogP contribution in [-0.4, -0.2) is 47.4 Å². The third-order valence-corrected chi connectivity index (χ3v) is 5.27. The fraction of sp³-hybridized carbons (Fsp3) is 0.333. The number of benzene rings is 2. The van der Waals surface area contributed by atoms with E-state index in [9.17, 15) is 13.6 Å². The Morgan fingerprint density at radius 2 is 1.52 bits per heavy atom. The number of likely N-dealkylation sites (tertiary alicyclic amines) is 1. The van der Waals surface area contributed by atoms with Crippen LogP contribution in [0.4, 0.5) is 8.78 Å². The Bertz CT molecular complexity index is 892. The normalized spacial score (nSPS) is 17.5. The molecule has 0 saturated carbocycles. The number of hydrazone groups is 1. The molecule has 2 aromatic carbocycles. The Balaban J connectivity index is 0.00000132. The average molecular weight is 427 g/mol. The fourth-order valence-electron chi connectivity index (χ4n) is 3.62. The van der Waals surface area contributed by atoms with Crippen LogP contribution in [0.1, 0.15) is 31.2 Å². The van der Waals surface area contributed by atoms with Crippen molar-refractivity contribution in [2.75, 3.05) is 19.8 Å². The zero-order valence-corrected chi connectivity index (χ0v) is 17.5. The quantitative estimate of drug-likeness (QED) is 0.656. The Hall–Kier alpha value is -3.06. The number of ether oxygens (including phenoxy) is 1. The van der Waals surface area contributed by atoms with Crippen molar-refractivity contribution in [2.45, 2.75) is 31.8 Å². The smallest absolute Gasteiger partial charge is 0.244 e. The van der Waals surface area contributed by atoms with E-state index in [0.29, 0.717) is 25.3 Å². The summed E-state index contributed by atoms with van der Waals surface area (Å²) in [5, 5.41) is 6.04. The van der Waals surface area contributed by atoms with Gasteiger partial charge in [-0.05, 0) is 54.8 Å². The first-order chi connectivity index (χ1) is 15.1. The molecule has 0 radical (unpaired) electrons. The zero-order valence-electron chi connectivity index (χ0n) is 17.5. The second kappa shape index (κ2) is 10.8. The highest BCUT2D eigenvalue weighted by Crippen LogP contribution is 2.21. The molecule has 1 saturated heterocycles. The maximum absolute atomic E-state index is 13.2. The molecule has 0 atom stereocenters. The summed E-state index contributed by atoms with van der Waals surface area (Å²) in [6.07, 6.45) is 2.70. The summed E-state index contributed by atoms with van der Waals surface area (Å²) < 4.78 is 32.1. The van der Waals surface area contributed by atoms with Gasteiger partial charge in [0.05, 0.1) is 12.4 Å². The van der Waals surface area contributed by atoms with Gasteiger partial charge in [-0.3, -0.25) is 9.69 Å². The molecule has 5 nitrogen and oxygen atoms in total. The molecule has 2 aliphatic heterocycles. The second-order valence-corrected chi connectivity index (χ2v) is 7.38. The molecular weight excluding hydrogens is 400 g/mol. The second-order valence-electron chi connectivity index (χ2n) is 7.38. The molecule has 31 heavy (non-hydrogen) atoms. The topological polar surface area (TPSA) is 45.1 Å². The van der Waals surface area contributed by atoms with Gasteiger partial charge in [0.1, 0.15) is 23.5 Å². The van der Waals surface area contributed by atoms with E-state index < -0.39 is 0 Å². The number of hydrogen-bond acceptors (Lipinski definition) is 4. The van der Waals surface area contributed by atoms with Crippen LogP contribution in [0.15, 0.2) is 66.8 Å². The van der Waals surface area contributed by atoms with Gasteiger partial charge in [-0.15, -0.1) is 13.2 Å². The first kappa shape index (κ1) is 22.6. The number of piperidine rings is 1. The van der Waals surface area contributed by atoms with Crippen molar-refractivity contribution < 1.29 is 18.3 Å². The Morgan fingerprint density at radius 1 is 0.935 bits per heavy atom. The number of hydrogen-bond donors (Lipinski definition) is 0. The van der Waals surface area contributed by atoms with Crippen molar-refractivity contribution in [3.63, 3.8) is 0 Å². The van der Waals surface area contributed by atoms with Crippen LogP contribution >= 0.6 is 0 Å². The van der Waals surface area contributed by atoms with E-state index >= 15 is 0 Å². The van der Waals surface area contributed by atoms with Crippen molar-refractivity contribution >= 4 is 11.6 Å². The maximum Gasteiger partial charge on any atom is 0.244 e. The predicted molar refractivity (Wildman–Crippen MR) is 117 cm³/mol. The van der Waals surface area contributed by atoms with Crippen LogP contribution in [0, 0.1) is 11.6 Å². The highest BCUT2D eigenvalue weighted by Gasteiger charge is 2.26. The van der Waals surface area contributed by atoms with Crippen LogP contribution < -0.4 is 4.74 Å². The van der Waals surface area contributed by atoms with Gasteiger partial charge in [-0.25, -0.2) is 13.8 Å². The van der Waals surface area contributed by atoms with E-state index in [1.807, 2.05) is 0 Å². The first-order valence-electron chi connectivity index (χ1n) is 10.4. The number of amides is 1. The van der Waals surface area contributed by atoms with E-state index in [-0.39, 0.29) is 23.6 Å². The van der Waals surface area contributed by atoms with Gasteiger partial charge in [0.25, 0.3) is 0 Å². The minimum Gasteiger partial charge on any atom is -0.490 e. The van der Waals surface area contributed by atoms with Gasteiger partial charge in [0, 0.05) is 25.9 Å². The molecule has 164 valence electrons. The molecular formula is C24H27F2N3O2. The van der Waals surface area contributed by atoms with Gasteiger partial charge < -0.3 is 4.74 Å². The molecule has 2 aromatic rings. The lowest BCUT2D eigenvalue weighted by molar-refractivity contribution is -0.134. The molecule has 2 aliphatic rings. The van der Waals surface area contributed by atoms with E-state index in [4.69, 9.17) is 4.74 Å². The van der Waals surface area contributed by atoms with E-state index in [1.54, 1.807) is 24.3 Å². The Labute approximate surface area is 181 Å². The lowest BCUT2D eigenvalue weighted by Gasteiger charge is -2.35. The van der Waals surface area contributed by atoms with E-state index in [0.717, 1.165) is 37.2 Å². The molecule has 0 aromatic heterocycles. The summed E-state index contributed by atoms with van der Waals surface area (Å²) in [6, 6.07) is 12.3. The van der Waals surface area contributed by atoms with E-state index in [2.05, 4.69) is 23.2 Å². The Morgan fingerprint density at radius 3 is 2.13 bits per heavy atom. The minimum atomic E-state index is -0.288. The molecule has 1 fully saturated rings. The van der Waals surface area contributed by atoms with Crippen molar-refractivity contribution in [2.24, 2.45) is 5.10 Å². The molecule has 4 rings (SSSR count). The van der Waals surface area contributed by atoms with Gasteiger partial charge in [0.15, 0.2) is 0 Å². The monoisotopic (exact) mass is 427 g/mol. The van der Waals surface area contributed by atoms with Gasteiger partial charge >= 0.3 is 0 Å². The highest BCUT2D eigenvalue weighted by molar-refractivity contribution is 6.04. The van der Waals surface area contributed by atoms with Crippen LogP contribution in [0.25, 0.3) is 0 Å². The number of halogens is 2. The van der Waals surface area contributed by atoms with E-state index in [1.165, 1.54) is 29.3 Å². The lowest BCUT2D eigenvalue weighted by atomic mass is 10.0. The summed E-state index contributed by atoms with van der Waals surface area (Å²) >= 11 is 0. The molecule has 0 N–H and O–H groups in total. The average Bonchev–Trinajstić information content (AvgIpc) is 2.80. The molecule has 7 heteroatoms. The van der Waals surface area contributed by atoms with Gasteiger partial charge in [0.2, 0.25) is 5.91 Å². The fourth-order valence-corrected chi connectivity index (χ4v) is 3.62. The third-order valence-electron chi connectivity index (χ3n) is 5.27. The van der Waals surface area contributed by atoms with Crippen molar-refractivity contribution in [3.05, 3.63) is 78.9 Å². The summed E-state index contributed by atoms with van der Waals surface area (Å²) in [4.78, 5) is 14.5. The van der Waals surface area contributed by atoms with Crippen LogP contribution in [0.2, 0.25) is 0 Å². The largest absolute Gasteiger partial charge is 0.490 e. The molecule has 0 aliphatic carbocycles. The van der Waals surface area contributed by atoms with Crippen LogP contribution in [0.3, 0.4) is 0 Å². The van der Waals surface area contributed by atoms with Crippen molar-refractivity contribution in [1.82, 2.24) is 9.91 Å². The summed E-state index contributed by atoms with van der Waals surface area (Å²) in [6.45, 7) is 8.01. The number of rotatable bonds is 5. The number of carbonyl (C=O) groups is 1. The highest BCUT2D eigenvalue weighted by atomic mass is 19.1.